The summed E-state index contributed by atoms with van der Waals surface area (Å²) in [6.07, 6.45) is -0.425. The third-order valence-electron chi connectivity index (χ3n) is 1.74. The molecule has 0 aliphatic heterocycles. The van der Waals surface area contributed by atoms with Gasteiger partial charge >= 0.3 is 0 Å². The summed E-state index contributed by atoms with van der Waals surface area (Å²) in [6, 6.07) is 0. The zero-order chi connectivity index (χ0) is 16.9. The van der Waals surface area contributed by atoms with Crippen LogP contribution in [0.2, 0.25) is 0 Å². The second kappa shape index (κ2) is 7.35. The lowest BCUT2D eigenvalue weighted by Gasteiger charge is -2.31. The van der Waals surface area contributed by atoms with E-state index in [0.29, 0.717) is 12.8 Å². The molecule has 0 aliphatic carbocycles. The SMILES string of the molecule is CC(C)(C)ON(C=O)CP(=O)(O)CN(C=O)OC(C)(C)C. The average Bonchev–Trinajstić information content (AvgIpc) is 2.22. The molecule has 0 rings (SSSR count). The molecule has 8 nitrogen and oxygen atoms in total. The van der Waals surface area contributed by atoms with Crippen LogP contribution in [-0.2, 0) is 23.8 Å². The highest BCUT2D eigenvalue weighted by atomic mass is 31.2. The molecule has 0 bridgehead atoms. The highest BCUT2D eigenvalue weighted by Gasteiger charge is 2.30. The molecule has 0 aromatic carbocycles. The Balaban J connectivity index is 4.76. The quantitative estimate of drug-likeness (QED) is 0.413. The number of carbonyl (C=O) groups excluding carboxylic acids is 2. The Kier molecular flexibility index (Phi) is 7.02. The maximum absolute atomic E-state index is 12.1. The highest BCUT2D eigenvalue weighted by molar-refractivity contribution is 7.57. The number of carbonyl (C=O) groups is 2. The zero-order valence-electron chi connectivity index (χ0n) is 13.4. The van der Waals surface area contributed by atoms with Gasteiger partial charge in [-0.25, -0.2) is 10.1 Å². The zero-order valence-corrected chi connectivity index (χ0v) is 14.3. The summed E-state index contributed by atoms with van der Waals surface area (Å²) in [7, 11) is -3.87. The lowest BCUT2D eigenvalue weighted by molar-refractivity contribution is -0.213. The summed E-state index contributed by atoms with van der Waals surface area (Å²) < 4.78 is 12.1. The van der Waals surface area contributed by atoms with E-state index >= 15 is 0 Å². The third-order valence-corrected chi connectivity index (χ3v) is 3.18. The van der Waals surface area contributed by atoms with Crippen molar-refractivity contribution in [3.05, 3.63) is 0 Å². The van der Waals surface area contributed by atoms with E-state index in [-0.39, 0.29) is 0 Å². The fraction of sp³-hybridized carbons (Fsp3) is 0.833. The van der Waals surface area contributed by atoms with E-state index in [1.54, 1.807) is 41.5 Å². The summed E-state index contributed by atoms with van der Waals surface area (Å²) in [4.78, 5) is 42.2. The van der Waals surface area contributed by atoms with Gasteiger partial charge < -0.3 is 4.89 Å². The molecule has 0 radical (unpaired) electrons. The van der Waals surface area contributed by atoms with Gasteiger partial charge in [-0.15, -0.1) is 0 Å². The van der Waals surface area contributed by atoms with Crippen molar-refractivity contribution in [1.82, 2.24) is 10.1 Å². The first-order valence-corrected chi connectivity index (χ1v) is 8.44. The van der Waals surface area contributed by atoms with Crippen LogP contribution < -0.4 is 0 Å². The van der Waals surface area contributed by atoms with Gasteiger partial charge in [0.15, 0.2) is 0 Å². The number of nitrogens with zero attached hydrogens (tertiary/aromatic N) is 2. The number of hydrogen-bond donors (Lipinski definition) is 1. The Bertz CT molecular complexity index is 368. The molecule has 0 aromatic heterocycles. The molecule has 0 saturated heterocycles. The van der Waals surface area contributed by atoms with Crippen molar-refractivity contribution in [3.63, 3.8) is 0 Å². The van der Waals surface area contributed by atoms with Crippen LogP contribution in [0.1, 0.15) is 41.5 Å². The highest BCUT2D eigenvalue weighted by Crippen LogP contribution is 2.42. The van der Waals surface area contributed by atoms with Gasteiger partial charge in [0, 0.05) is 0 Å². The van der Waals surface area contributed by atoms with Gasteiger partial charge in [-0.05, 0) is 41.5 Å². The van der Waals surface area contributed by atoms with E-state index in [1.807, 2.05) is 0 Å². The maximum atomic E-state index is 12.1. The molecule has 0 unspecified atom stereocenters. The van der Waals surface area contributed by atoms with Crippen LogP contribution in [-0.4, -0.2) is 51.6 Å². The van der Waals surface area contributed by atoms with Gasteiger partial charge in [0.1, 0.15) is 12.6 Å². The normalized spacial score (nSPS) is 12.9. The van der Waals surface area contributed by atoms with Crippen LogP contribution in [0.15, 0.2) is 0 Å². The lowest BCUT2D eigenvalue weighted by atomic mass is 10.2. The van der Waals surface area contributed by atoms with E-state index in [1.165, 1.54) is 0 Å². The number of amides is 2. The Morgan fingerprint density at radius 2 is 1.19 bits per heavy atom. The molecular weight excluding hydrogens is 299 g/mol. The average molecular weight is 324 g/mol. The first-order chi connectivity index (χ1) is 9.28. The molecule has 0 heterocycles. The molecule has 21 heavy (non-hydrogen) atoms. The summed E-state index contributed by atoms with van der Waals surface area (Å²) in [5, 5.41) is 1.50. The monoisotopic (exact) mass is 324 g/mol. The van der Waals surface area contributed by atoms with Crippen molar-refractivity contribution in [3.8, 4) is 0 Å². The van der Waals surface area contributed by atoms with E-state index in [0.717, 1.165) is 10.1 Å². The second-order valence-corrected chi connectivity index (χ2v) is 8.84. The van der Waals surface area contributed by atoms with Crippen LogP contribution in [0, 0.1) is 0 Å². The van der Waals surface area contributed by atoms with Gasteiger partial charge in [-0.3, -0.25) is 23.8 Å². The molecule has 0 saturated carbocycles. The Hall–Kier alpha value is -0.950. The summed E-state index contributed by atoms with van der Waals surface area (Å²) in [6.45, 7) is 10.2. The smallest absolute Gasteiger partial charge is 0.243 e. The van der Waals surface area contributed by atoms with E-state index in [9.17, 15) is 19.0 Å². The van der Waals surface area contributed by atoms with E-state index < -0.39 is 31.1 Å². The molecule has 0 aliphatic rings. The summed E-state index contributed by atoms with van der Waals surface area (Å²) in [5.41, 5.74) is -1.37. The van der Waals surface area contributed by atoms with Gasteiger partial charge in [0.2, 0.25) is 20.2 Å². The predicted molar refractivity (Wildman–Crippen MR) is 77.0 cm³/mol. The molecule has 0 aromatic rings. The molecule has 0 fully saturated rings. The maximum Gasteiger partial charge on any atom is 0.243 e. The third kappa shape index (κ3) is 10.4. The summed E-state index contributed by atoms with van der Waals surface area (Å²) in [5.74, 6) is 0. The largest absolute Gasteiger partial charge is 0.342 e. The molecule has 124 valence electrons. The van der Waals surface area contributed by atoms with Crippen molar-refractivity contribution in [2.75, 3.05) is 12.6 Å². The van der Waals surface area contributed by atoms with Crippen LogP contribution >= 0.6 is 7.37 Å². The van der Waals surface area contributed by atoms with E-state index in [2.05, 4.69) is 0 Å². The second-order valence-electron chi connectivity index (χ2n) is 6.58. The lowest BCUT2D eigenvalue weighted by Crippen LogP contribution is -2.37. The van der Waals surface area contributed by atoms with Crippen molar-refractivity contribution in [2.24, 2.45) is 0 Å². The van der Waals surface area contributed by atoms with Crippen molar-refractivity contribution < 1.29 is 28.7 Å². The van der Waals surface area contributed by atoms with Gasteiger partial charge in [0.05, 0.1) is 11.2 Å². The Labute approximate surface area is 125 Å². The minimum absolute atomic E-state index is 0.323. The van der Waals surface area contributed by atoms with Crippen LogP contribution in [0.3, 0.4) is 0 Å². The number of hydrogen-bond acceptors (Lipinski definition) is 5. The molecule has 9 heteroatoms. The van der Waals surface area contributed by atoms with Crippen molar-refractivity contribution in [2.45, 2.75) is 52.7 Å². The van der Waals surface area contributed by atoms with Gasteiger partial charge in [-0.2, -0.15) is 0 Å². The molecule has 1 N–H and O–H groups in total. The fourth-order valence-corrected chi connectivity index (χ4v) is 2.56. The number of rotatable bonds is 8. The van der Waals surface area contributed by atoms with Gasteiger partial charge in [0.25, 0.3) is 0 Å². The minimum Gasteiger partial charge on any atom is -0.342 e. The summed E-state index contributed by atoms with van der Waals surface area (Å²) >= 11 is 0. The van der Waals surface area contributed by atoms with Crippen LogP contribution in [0.25, 0.3) is 0 Å². The molecule has 2 amide bonds. The molecular formula is C12H25N2O6P. The Morgan fingerprint density at radius 3 is 1.38 bits per heavy atom. The van der Waals surface area contributed by atoms with E-state index in [4.69, 9.17) is 9.68 Å². The predicted octanol–water partition coefficient (Wildman–Crippen LogP) is 1.55. The van der Waals surface area contributed by atoms with Crippen molar-refractivity contribution in [1.29, 1.82) is 0 Å². The Morgan fingerprint density at radius 1 is 0.905 bits per heavy atom. The standard InChI is InChI=1S/C12H25N2O6P/c1-11(2,3)19-13(7-15)9-21(17,18)10-14(8-16)20-12(4,5)6/h7-8H,9-10H2,1-6H3,(H,17,18). The van der Waals surface area contributed by atoms with Crippen LogP contribution in [0.4, 0.5) is 0 Å². The fourth-order valence-electron chi connectivity index (χ4n) is 1.35. The van der Waals surface area contributed by atoms with Crippen molar-refractivity contribution >= 4 is 20.2 Å². The van der Waals surface area contributed by atoms with Crippen LogP contribution in [0.5, 0.6) is 0 Å². The number of hydroxylamine groups is 4. The molecule has 0 spiro atoms. The molecule has 0 atom stereocenters. The first kappa shape index (κ1) is 20.1. The topological polar surface area (TPSA) is 96.4 Å². The first-order valence-electron chi connectivity index (χ1n) is 6.41. The van der Waals surface area contributed by atoms with Gasteiger partial charge in [-0.1, -0.05) is 0 Å². The minimum atomic E-state index is -3.87.